The Bertz CT molecular complexity index is 636. The van der Waals surface area contributed by atoms with Gasteiger partial charge in [-0.25, -0.2) is 4.79 Å². The molecule has 2 aliphatic rings. The monoisotopic (exact) mass is 394 g/mol. The van der Waals surface area contributed by atoms with Crippen LogP contribution in [0.15, 0.2) is 24.3 Å². The fourth-order valence-corrected chi connectivity index (χ4v) is 4.05. The molecule has 0 saturated carbocycles. The molecule has 0 atom stereocenters. The number of hydrogen-bond acceptors (Lipinski definition) is 3. The number of carbonyl (C=O) groups excluding carboxylic acids is 2. The van der Waals surface area contributed by atoms with Gasteiger partial charge in [0.05, 0.1) is 19.7 Å². The minimum absolute atomic E-state index is 0.119. The van der Waals surface area contributed by atoms with Crippen molar-refractivity contribution in [2.24, 2.45) is 5.92 Å². The molecule has 2 saturated heterocycles. The van der Waals surface area contributed by atoms with Crippen LogP contribution in [0.5, 0.6) is 0 Å². The normalized spacial score (nSPS) is 23.2. The van der Waals surface area contributed by atoms with E-state index in [4.69, 9.17) is 16.3 Å². The van der Waals surface area contributed by atoms with E-state index in [2.05, 4.69) is 12.1 Å². The summed E-state index contributed by atoms with van der Waals surface area (Å²) in [5.74, 6) is 0.372. The summed E-state index contributed by atoms with van der Waals surface area (Å²) in [5.41, 5.74) is 1.29. The zero-order valence-corrected chi connectivity index (χ0v) is 16.7. The first-order valence-corrected chi connectivity index (χ1v) is 10.2. The standard InChI is InChI=1S/C20H28ClN3O3/c1-2-27-20(26)24-13-11-23(12-14-24)19(25)17-7-9-22(10-8-17)15-16-3-5-18(21)6-4-16/h3-6,17H,2,7-15H2,1H3/p+1. The number of quaternary nitrogens is 1. The third kappa shape index (κ3) is 5.36. The molecule has 0 aliphatic carbocycles. The topological polar surface area (TPSA) is 54.3 Å². The molecule has 2 heterocycles. The number of piperazine rings is 1. The smallest absolute Gasteiger partial charge is 0.409 e. The number of halogens is 1. The average Bonchev–Trinajstić information content (AvgIpc) is 2.70. The number of benzene rings is 1. The lowest BCUT2D eigenvalue weighted by atomic mass is 9.94. The van der Waals surface area contributed by atoms with Crippen LogP contribution in [0.3, 0.4) is 0 Å². The summed E-state index contributed by atoms with van der Waals surface area (Å²) in [6.45, 7) is 7.54. The van der Waals surface area contributed by atoms with E-state index >= 15 is 0 Å². The highest BCUT2D eigenvalue weighted by Gasteiger charge is 2.32. The largest absolute Gasteiger partial charge is 0.450 e. The molecule has 2 fully saturated rings. The van der Waals surface area contributed by atoms with Crippen molar-refractivity contribution in [3.05, 3.63) is 34.9 Å². The van der Waals surface area contributed by atoms with Gasteiger partial charge in [0, 0.05) is 55.5 Å². The van der Waals surface area contributed by atoms with Gasteiger partial charge in [-0.05, 0) is 19.1 Å². The number of likely N-dealkylation sites (tertiary alicyclic amines) is 1. The number of rotatable bonds is 4. The molecule has 0 bridgehead atoms. The number of carbonyl (C=O) groups is 2. The Hall–Kier alpha value is -1.79. The SMILES string of the molecule is CCOC(=O)N1CCN(C(=O)C2CC[NH+](Cc3ccc(Cl)cc3)CC2)CC1. The van der Waals surface area contributed by atoms with E-state index in [0.717, 1.165) is 37.5 Å². The van der Waals surface area contributed by atoms with Crippen LogP contribution in [0.4, 0.5) is 4.79 Å². The Morgan fingerprint density at radius 1 is 1.07 bits per heavy atom. The summed E-state index contributed by atoms with van der Waals surface area (Å²) in [6, 6.07) is 8.02. The molecule has 1 N–H and O–H groups in total. The van der Waals surface area contributed by atoms with Gasteiger partial charge in [0.1, 0.15) is 6.54 Å². The van der Waals surface area contributed by atoms with Gasteiger partial charge in [0.25, 0.3) is 0 Å². The Kier molecular flexibility index (Phi) is 6.96. The molecular formula is C20H29ClN3O3+. The summed E-state index contributed by atoms with van der Waals surface area (Å²) in [7, 11) is 0. The molecule has 3 rings (SSSR count). The Balaban J connectivity index is 1.42. The van der Waals surface area contributed by atoms with Crippen molar-refractivity contribution in [2.45, 2.75) is 26.3 Å². The second-order valence-electron chi connectivity index (χ2n) is 7.34. The zero-order chi connectivity index (χ0) is 19.2. The lowest BCUT2D eigenvalue weighted by molar-refractivity contribution is -0.919. The molecule has 2 aliphatic heterocycles. The molecule has 1 aromatic rings. The van der Waals surface area contributed by atoms with Gasteiger partial charge in [-0.2, -0.15) is 0 Å². The molecule has 0 aromatic heterocycles. The summed E-state index contributed by atoms with van der Waals surface area (Å²) in [4.78, 5) is 29.7. The summed E-state index contributed by atoms with van der Waals surface area (Å²) >= 11 is 5.95. The van der Waals surface area contributed by atoms with E-state index in [9.17, 15) is 9.59 Å². The predicted octanol–water partition coefficient (Wildman–Crippen LogP) is 1.44. The minimum Gasteiger partial charge on any atom is -0.450 e. The molecular weight excluding hydrogens is 366 g/mol. The lowest BCUT2D eigenvalue weighted by Gasteiger charge is -2.37. The molecule has 0 radical (unpaired) electrons. The van der Waals surface area contributed by atoms with Crippen LogP contribution >= 0.6 is 11.6 Å². The van der Waals surface area contributed by atoms with Crippen molar-refractivity contribution < 1.29 is 19.2 Å². The van der Waals surface area contributed by atoms with Crippen LogP contribution in [0.1, 0.15) is 25.3 Å². The lowest BCUT2D eigenvalue weighted by Crippen LogP contribution is -3.11. The van der Waals surface area contributed by atoms with Gasteiger partial charge in [-0.1, -0.05) is 23.7 Å². The fraction of sp³-hybridized carbons (Fsp3) is 0.600. The Morgan fingerprint density at radius 2 is 1.67 bits per heavy atom. The Labute approximate surface area is 166 Å². The first-order chi connectivity index (χ1) is 13.1. The van der Waals surface area contributed by atoms with E-state index in [1.165, 1.54) is 10.5 Å². The molecule has 7 heteroatoms. The number of nitrogens with one attached hydrogen (secondary N) is 1. The van der Waals surface area contributed by atoms with Gasteiger partial charge >= 0.3 is 6.09 Å². The van der Waals surface area contributed by atoms with E-state index in [0.29, 0.717) is 32.8 Å². The number of piperidine rings is 1. The number of ether oxygens (including phenoxy) is 1. The van der Waals surface area contributed by atoms with Crippen molar-refractivity contribution in [2.75, 3.05) is 45.9 Å². The van der Waals surface area contributed by atoms with Crippen molar-refractivity contribution in [3.63, 3.8) is 0 Å². The van der Waals surface area contributed by atoms with Crippen molar-refractivity contribution in [1.29, 1.82) is 0 Å². The summed E-state index contributed by atoms with van der Waals surface area (Å²) < 4.78 is 5.03. The zero-order valence-electron chi connectivity index (χ0n) is 16.0. The summed E-state index contributed by atoms with van der Waals surface area (Å²) in [5, 5.41) is 0.765. The molecule has 6 nitrogen and oxygen atoms in total. The van der Waals surface area contributed by atoms with Gasteiger partial charge in [0.15, 0.2) is 0 Å². The van der Waals surface area contributed by atoms with Gasteiger partial charge in [0.2, 0.25) is 5.91 Å². The predicted molar refractivity (Wildman–Crippen MR) is 104 cm³/mol. The van der Waals surface area contributed by atoms with Crippen LogP contribution in [0.2, 0.25) is 5.02 Å². The fourth-order valence-electron chi connectivity index (χ4n) is 3.92. The number of amides is 2. The quantitative estimate of drug-likeness (QED) is 0.840. The number of hydrogen-bond donors (Lipinski definition) is 1. The maximum atomic E-state index is 12.8. The van der Waals surface area contributed by atoms with E-state index in [-0.39, 0.29) is 17.9 Å². The average molecular weight is 395 g/mol. The second-order valence-corrected chi connectivity index (χ2v) is 7.78. The van der Waals surface area contributed by atoms with Crippen LogP contribution in [0.25, 0.3) is 0 Å². The highest BCUT2D eigenvalue weighted by atomic mass is 35.5. The molecule has 2 amide bonds. The van der Waals surface area contributed by atoms with E-state index < -0.39 is 0 Å². The van der Waals surface area contributed by atoms with Crippen molar-refractivity contribution >= 4 is 23.6 Å². The van der Waals surface area contributed by atoms with Crippen LogP contribution in [-0.2, 0) is 16.1 Å². The molecule has 148 valence electrons. The maximum Gasteiger partial charge on any atom is 0.409 e. The van der Waals surface area contributed by atoms with Gasteiger partial charge in [-0.15, -0.1) is 0 Å². The van der Waals surface area contributed by atoms with Crippen LogP contribution in [-0.4, -0.2) is 67.7 Å². The van der Waals surface area contributed by atoms with E-state index in [1.54, 1.807) is 11.8 Å². The third-order valence-electron chi connectivity index (χ3n) is 5.53. The van der Waals surface area contributed by atoms with Gasteiger partial charge < -0.3 is 19.4 Å². The highest BCUT2D eigenvalue weighted by molar-refractivity contribution is 6.30. The third-order valence-corrected chi connectivity index (χ3v) is 5.78. The Morgan fingerprint density at radius 3 is 2.26 bits per heavy atom. The molecule has 0 spiro atoms. The molecule has 1 aromatic carbocycles. The first kappa shape index (κ1) is 20.0. The van der Waals surface area contributed by atoms with Crippen molar-refractivity contribution in [3.8, 4) is 0 Å². The van der Waals surface area contributed by atoms with Gasteiger partial charge in [-0.3, -0.25) is 4.79 Å². The summed E-state index contributed by atoms with van der Waals surface area (Å²) in [6.07, 6.45) is 1.59. The van der Waals surface area contributed by atoms with Crippen LogP contribution in [0, 0.1) is 5.92 Å². The molecule has 0 unspecified atom stereocenters. The first-order valence-electron chi connectivity index (χ1n) is 9.85. The van der Waals surface area contributed by atoms with Crippen LogP contribution < -0.4 is 4.90 Å². The second kappa shape index (κ2) is 9.42. The maximum absolute atomic E-state index is 12.8. The minimum atomic E-state index is -0.274. The number of nitrogens with zero attached hydrogens (tertiary/aromatic N) is 2. The van der Waals surface area contributed by atoms with E-state index in [1.807, 2.05) is 17.0 Å². The van der Waals surface area contributed by atoms with Crippen molar-refractivity contribution in [1.82, 2.24) is 9.80 Å². The highest BCUT2D eigenvalue weighted by Crippen LogP contribution is 2.16. The molecule has 27 heavy (non-hydrogen) atoms.